The number of aliphatic hydroxyl groups is 5. The fourth-order valence-corrected chi connectivity index (χ4v) is 10.5. The summed E-state index contributed by atoms with van der Waals surface area (Å²) in [7, 11) is 0. The zero-order valence-corrected chi connectivity index (χ0v) is 23.2. The minimum absolute atomic E-state index is 0.00351. The molecule has 5 N–H and O–H groups in total. The maximum Gasteiger partial charge on any atom is 0.0654 e. The molecule has 0 saturated heterocycles. The van der Waals surface area contributed by atoms with Gasteiger partial charge in [0.1, 0.15) is 0 Å². The summed E-state index contributed by atoms with van der Waals surface area (Å²) in [6.07, 6.45) is 6.50. The molecule has 4 aliphatic carbocycles. The number of aliphatic hydroxyl groups excluding tert-OH is 4. The van der Waals surface area contributed by atoms with E-state index in [4.69, 9.17) is 0 Å². The minimum Gasteiger partial charge on any atom is -0.396 e. The van der Waals surface area contributed by atoms with E-state index in [0.29, 0.717) is 25.7 Å². The van der Waals surface area contributed by atoms with Gasteiger partial charge in [0.15, 0.2) is 0 Å². The molecule has 0 radical (unpaired) electrons. The molecule has 0 aromatic carbocycles. The summed E-state index contributed by atoms with van der Waals surface area (Å²) in [6.45, 7) is 14.8. The number of hydrogen-bond donors (Lipinski definition) is 5. The van der Waals surface area contributed by atoms with Crippen LogP contribution in [0.2, 0.25) is 0 Å². The van der Waals surface area contributed by atoms with Gasteiger partial charge in [-0.05, 0) is 106 Å². The van der Waals surface area contributed by atoms with Crippen LogP contribution in [-0.2, 0) is 0 Å². The molecule has 0 amide bonds. The number of fused-ring (bicyclic) bond motifs is 5. The van der Waals surface area contributed by atoms with Crippen molar-refractivity contribution in [1.82, 2.24) is 0 Å². The molecular formula is C30H52O5. The predicted octanol–water partition coefficient (Wildman–Crippen LogP) is 4.44. The van der Waals surface area contributed by atoms with E-state index in [1.165, 1.54) is 5.57 Å². The third kappa shape index (κ3) is 3.81. The lowest BCUT2D eigenvalue weighted by atomic mass is 9.34. The van der Waals surface area contributed by atoms with Gasteiger partial charge in [0, 0.05) is 11.3 Å². The Morgan fingerprint density at radius 2 is 1.63 bits per heavy atom. The van der Waals surface area contributed by atoms with E-state index in [-0.39, 0.29) is 46.5 Å². The molecule has 0 aromatic heterocycles. The molecule has 0 aromatic rings. The lowest BCUT2D eigenvalue weighted by molar-refractivity contribution is -0.280. The molecule has 0 spiro atoms. The van der Waals surface area contributed by atoms with Gasteiger partial charge in [0.05, 0.1) is 30.5 Å². The molecule has 12 atom stereocenters. The summed E-state index contributed by atoms with van der Waals surface area (Å²) in [5.74, 6) is 0.00607. The summed E-state index contributed by atoms with van der Waals surface area (Å²) in [5, 5.41) is 56.4. The molecule has 0 bridgehead atoms. The monoisotopic (exact) mass is 492 g/mol. The van der Waals surface area contributed by atoms with E-state index >= 15 is 0 Å². The lowest BCUT2D eigenvalue weighted by Crippen LogP contribution is -2.70. The van der Waals surface area contributed by atoms with E-state index in [9.17, 15) is 25.5 Å². The van der Waals surface area contributed by atoms with Gasteiger partial charge in [0.2, 0.25) is 0 Å². The Morgan fingerprint density at radius 3 is 2.23 bits per heavy atom. The molecule has 5 nitrogen and oxygen atoms in total. The summed E-state index contributed by atoms with van der Waals surface area (Å²) >= 11 is 0. The maximum atomic E-state index is 11.8. The smallest absolute Gasteiger partial charge is 0.0654 e. The second kappa shape index (κ2) is 8.80. The molecule has 12 unspecified atom stereocenters. The fraction of sp³-hybridized carbons (Fsp3) is 0.933. The third-order valence-corrected chi connectivity index (χ3v) is 12.4. The molecule has 0 aliphatic heterocycles. The van der Waals surface area contributed by atoms with Gasteiger partial charge in [-0.2, -0.15) is 0 Å². The van der Waals surface area contributed by atoms with Crippen LogP contribution < -0.4 is 0 Å². The van der Waals surface area contributed by atoms with E-state index in [2.05, 4.69) is 40.7 Å². The van der Waals surface area contributed by atoms with Crippen molar-refractivity contribution in [3.05, 3.63) is 11.6 Å². The predicted molar refractivity (Wildman–Crippen MR) is 138 cm³/mol. The largest absolute Gasteiger partial charge is 0.396 e. The Bertz CT molecular complexity index is 835. The minimum atomic E-state index is -0.845. The van der Waals surface area contributed by atoms with Gasteiger partial charge < -0.3 is 25.5 Å². The molecule has 4 fully saturated rings. The van der Waals surface area contributed by atoms with Crippen LogP contribution in [0.3, 0.4) is 0 Å². The molecule has 202 valence electrons. The van der Waals surface area contributed by atoms with Gasteiger partial charge in [-0.25, -0.2) is 0 Å². The number of hydrogen-bond acceptors (Lipinski definition) is 5. The molecule has 0 heterocycles. The molecule has 5 heteroatoms. The van der Waals surface area contributed by atoms with Crippen molar-refractivity contribution < 1.29 is 25.5 Å². The molecule has 4 rings (SSSR count). The molecule has 4 aliphatic rings. The van der Waals surface area contributed by atoms with Gasteiger partial charge in [-0.15, -0.1) is 0 Å². The average molecular weight is 493 g/mol. The normalized spacial score (nSPS) is 53.2. The maximum absolute atomic E-state index is 11.8. The van der Waals surface area contributed by atoms with Crippen LogP contribution in [0.5, 0.6) is 0 Å². The van der Waals surface area contributed by atoms with Crippen LogP contribution >= 0.6 is 0 Å². The van der Waals surface area contributed by atoms with Gasteiger partial charge in [-0.1, -0.05) is 39.3 Å². The highest BCUT2D eigenvalue weighted by atomic mass is 16.3. The van der Waals surface area contributed by atoms with Crippen LogP contribution in [0.4, 0.5) is 0 Å². The van der Waals surface area contributed by atoms with E-state index < -0.39 is 29.3 Å². The Kier molecular flexibility index (Phi) is 6.93. The van der Waals surface area contributed by atoms with Crippen molar-refractivity contribution in [1.29, 1.82) is 0 Å². The van der Waals surface area contributed by atoms with Gasteiger partial charge in [-0.3, -0.25) is 0 Å². The highest BCUT2D eigenvalue weighted by Gasteiger charge is 2.73. The Labute approximate surface area is 213 Å². The average Bonchev–Trinajstić information content (AvgIpc) is 3.13. The summed E-state index contributed by atoms with van der Waals surface area (Å²) < 4.78 is 0. The number of rotatable bonds is 5. The topological polar surface area (TPSA) is 101 Å². The zero-order valence-electron chi connectivity index (χ0n) is 23.2. The fourth-order valence-electron chi connectivity index (χ4n) is 10.5. The van der Waals surface area contributed by atoms with Crippen LogP contribution in [-0.4, -0.2) is 56.1 Å². The van der Waals surface area contributed by atoms with Crippen molar-refractivity contribution in [3.63, 3.8) is 0 Å². The SMILES string of the molecule is CC(C)=CCCC(C)(O)C1CCC2(C)C1C(O)CC1C3(C)CCC(O)C(C)(CO)C3C(O)CC12C. The Balaban J connectivity index is 1.71. The summed E-state index contributed by atoms with van der Waals surface area (Å²) in [6, 6.07) is 0. The Morgan fingerprint density at radius 1 is 0.971 bits per heavy atom. The van der Waals surface area contributed by atoms with Crippen molar-refractivity contribution >= 4 is 0 Å². The second-order valence-electron chi connectivity index (χ2n) is 14.5. The van der Waals surface area contributed by atoms with Crippen molar-refractivity contribution in [2.75, 3.05) is 6.61 Å². The Hall–Kier alpha value is -0.460. The summed E-state index contributed by atoms with van der Waals surface area (Å²) in [4.78, 5) is 0. The quantitative estimate of drug-likeness (QED) is 0.365. The first kappa shape index (κ1) is 27.6. The second-order valence-corrected chi connectivity index (χ2v) is 14.5. The zero-order chi connectivity index (χ0) is 26.2. The highest BCUT2D eigenvalue weighted by molar-refractivity contribution is 5.21. The first-order chi connectivity index (χ1) is 16.1. The first-order valence-electron chi connectivity index (χ1n) is 14.1. The van der Waals surface area contributed by atoms with E-state index in [1.54, 1.807) is 0 Å². The molecule has 4 saturated carbocycles. The van der Waals surface area contributed by atoms with Gasteiger partial charge >= 0.3 is 0 Å². The van der Waals surface area contributed by atoms with E-state index in [1.807, 2.05) is 13.8 Å². The molecular weight excluding hydrogens is 440 g/mol. The van der Waals surface area contributed by atoms with Crippen LogP contribution in [0.15, 0.2) is 11.6 Å². The summed E-state index contributed by atoms with van der Waals surface area (Å²) in [5.41, 5.74) is -0.989. The number of allylic oxidation sites excluding steroid dienone is 2. The van der Waals surface area contributed by atoms with Crippen LogP contribution in [0.25, 0.3) is 0 Å². The van der Waals surface area contributed by atoms with Crippen molar-refractivity contribution in [2.45, 2.75) is 124 Å². The molecule has 35 heavy (non-hydrogen) atoms. The van der Waals surface area contributed by atoms with Crippen molar-refractivity contribution in [3.8, 4) is 0 Å². The first-order valence-corrected chi connectivity index (χ1v) is 14.1. The van der Waals surface area contributed by atoms with Crippen LogP contribution in [0.1, 0.15) is 99.8 Å². The third-order valence-electron chi connectivity index (χ3n) is 12.4. The van der Waals surface area contributed by atoms with Gasteiger partial charge in [0.25, 0.3) is 0 Å². The van der Waals surface area contributed by atoms with Crippen molar-refractivity contribution in [2.24, 2.45) is 45.3 Å². The van der Waals surface area contributed by atoms with Crippen LogP contribution in [0, 0.1) is 45.3 Å². The van der Waals surface area contributed by atoms with E-state index in [0.717, 1.165) is 25.7 Å². The lowest BCUT2D eigenvalue weighted by Gasteiger charge is -2.71. The highest BCUT2D eigenvalue weighted by Crippen LogP contribution is 2.75. The standard InChI is InChI=1S/C30H52O5/c1-18(2)9-8-12-30(7,35)19-10-14-28(5)24(19)20(32)15-22-26(3)13-11-23(34)27(4,17-31)25(26)21(33)16-29(22,28)6/h9,19-25,31-35H,8,10-17H2,1-7H3.